The highest BCUT2D eigenvalue weighted by molar-refractivity contribution is 7.80. The maximum Gasteiger partial charge on any atom is 0.326 e. The number of hydrogen-bond acceptors (Lipinski definition) is 32. The van der Waals surface area contributed by atoms with Crippen LogP contribution in [0.5, 0.6) is 0 Å². The van der Waals surface area contributed by atoms with Crippen molar-refractivity contribution < 1.29 is 135 Å². The zero-order valence-corrected chi connectivity index (χ0v) is 78.2. The Kier molecular flexibility index (Phi) is 50.8. The minimum Gasteiger partial charge on any atom is -0.481 e. The molecule has 0 spiro atoms. The van der Waals surface area contributed by atoms with E-state index in [0.717, 1.165) is 11.8 Å². The van der Waals surface area contributed by atoms with Crippen LogP contribution in [0.2, 0.25) is 0 Å². The van der Waals surface area contributed by atoms with Crippen molar-refractivity contribution in [3.63, 3.8) is 0 Å². The molecule has 4 heterocycles. The second kappa shape index (κ2) is 60.6. The van der Waals surface area contributed by atoms with E-state index in [1.54, 1.807) is 6.92 Å². The zero-order valence-electron chi connectivity index (χ0n) is 76.4. The van der Waals surface area contributed by atoms with E-state index in [4.69, 9.17) is 34.4 Å². The number of aliphatic hydroxyl groups is 2. The summed E-state index contributed by atoms with van der Waals surface area (Å²) in [6, 6.07) is -26.8. The second-order valence-corrected chi connectivity index (χ2v) is 32.8. The van der Waals surface area contributed by atoms with Crippen LogP contribution < -0.4 is 130 Å². The standard InChI is InChI=1S/C79H123N31O28S2/c1-4-36(2)61(108-75(133)62(37(3)112)109-70(128)48(23-60(119)120)103-63(121)41(80)11-14-54(81)113)74(132)104-46(20-38-24-86-33-94-38)65(123)92-29-59(118)99-49(22-40-26-88-35-96-40)76(134)110-19-7-10-53(110)73(131)107-52(32-140)72(130)105-50(30-111)71(129)101-43(9-6-18-90-79(85)138)67(125)100-42(8-5-17-89-78(84)137)64(122)91-28-58(117)98-47(21-39-25-87-34-95-39)69(127)102-44(12-15-55(82)114)68(126)106-51(31-139)66(124)93-27-57(116)97-45(77(135)136)13-16-56(83)115/h24-26,33-37,41-53,61-62,111-112,139-140H,4-23,27-32,80H2,1-3H3,(H2,81,113)(H2,82,114)(H2,83,115)(H,86,94)(H,87,95)(H,88,96)(H,91,122)(H,92,123)(H,93,124)(H,97,116)(H,98,117)(H,99,118)(H,100,125)(H,101,129)(H,102,127)(H,103,121)(H,104,132)(H,105,130)(H,106,126)(H,107,131)(H,108,133)(H,109,128)(H,119,120)(H,135,136)(H3,84,89,137)(H3,85,90,138)/t36-,37+,41-,42-,43-,44-,45-,46-,47-,48-,49-,50-,51-,52-,53-,61-,62-/m0/s1. The summed E-state index contributed by atoms with van der Waals surface area (Å²) in [5.74, 6) is -25.9. The Morgan fingerprint density at radius 1 is 0.429 bits per heavy atom. The molecular formula is C79H123N31O28S2. The minimum atomic E-state index is -1.96. The van der Waals surface area contributed by atoms with Gasteiger partial charge in [0.15, 0.2) is 0 Å². The molecule has 3 aromatic rings. The van der Waals surface area contributed by atoms with Crippen LogP contribution in [0.4, 0.5) is 9.59 Å². The molecule has 3 aromatic heterocycles. The Bertz CT molecular complexity index is 4790. The summed E-state index contributed by atoms with van der Waals surface area (Å²) in [4.78, 5) is 339. The molecule has 1 aliphatic heterocycles. The van der Waals surface area contributed by atoms with Crippen LogP contribution in [0.1, 0.15) is 128 Å². The van der Waals surface area contributed by atoms with Crippen LogP contribution in [0.3, 0.4) is 0 Å². The smallest absolute Gasteiger partial charge is 0.326 e. The number of rotatable bonds is 65. The van der Waals surface area contributed by atoms with Gasteiger partial charge in [0.1, 0.15) is 84.6 Å². The number of carboxylic acid groups (broad SMARTS) is 2. The molecule has 1 aliphatic rings. The number of H-pyrrole nitrogens is 3. The number of aliphatic hydroxyl groups excluding tert-OH is 2. The molecule has 0 radical (unpaired) electrons. The molecule has 140 heavy (non-hydrogen) atoms. The number of aromatic amines is 3. The van der Waals surface area contributed by atoms with Crippen LogP contribution in [-0.2, 0) is 125 Å². The number of amides is 24. The van der Waals surface area contributed by atoms with Crippen LogP contribution in [0, 0.1) is 5.92 Å². The van der Waals surface area contributed by atoms with Gasteiger partial charge in [-0.15, -0.1) is 0 Å². The number of aromatic nitrogens is 6. The molecule has 0 bridgehead atoms. The highest BCUT2D eigenvalue weighted by atomic mass is 32.1. The van der Waals surface area contributed by atoms with Crippen LogP contribution in [-0.4, -0.2) is 351 Å². The van der Waals surface area contributed by atoms with E-state index < -0.39 is 321 Å². The Balaban J connectivity index is 1.50. The number of carbonyl (C=O) groups is 24. The number of nitrogens with one attached hydrogen (secondary N) is 21. The van der Waals surface area contributed by atoms with Gasteiger partial charge in [0.2, 0.25) is 118 Å². The molecule has 4 rings (SSSR count). The van der Waals surface area contributed by atoms with E-state index in [0.29, 0.717) is 0 Å². The van der Waals surface area contributed by atoms with Crippen molar-refractivity contribution >= 4 is 167 Å². The molecular weight excluding hydrogens is 1900 g/mol. The molecule has 0 unspecified atom stereocenters. The lowest BCUT2D eigenvalue weighted by atomic mass is 9.96. The Morgan fingerprint density at radius 3 is 1.24 bits per heavy atom. The molecule has 1 fully saturated rings. The van der Waals surface area contributed by atoms with Crippen LogP contribution in [0.15, 0.2) is 37.6 Å². The summed E-state index contributed by atoms with van der Waals surface area (Å²) in [6.45, 7) is -0.199. The number of likely N-dealkylation sites (tertiary alicyclic amines) is 1. The number of thiol groups is 2. The molecule has 24 amide bonds. The van der Waals surface area contributed by atoms with Crippen molar-refractivity contribution in [1.29, 1.82) is 0 Å². The van der Waals surface area contributed by atoms with Gasteiger partial charge in [-0.3, -0.25) is 101 Å². The Labute approximate surface area is 808 Å². The molecule has 59 nitrogen and oxygen atoms in total. The Hall–Kier alpha value is -14.9. The molecule has 1 saturated heterocycles. The summed E-state index contributed by atoms with van der Waals surface area (Å²) < 4.78 is 0. The third-order valence-electron chi connectivity index (χ3n) is 21.1. The first kappa shape index (κ1) is 117. The van der Waals surface area contributed by atoms with Gasteiger partial charge in [-0.1, -0.05) is 20.3 Å². The largest absolute Gasteiger partial charge is 0.481 e. The number of aliphatic carboxylic acids is 2. The third-order valence-corrected chi connectivity index (χ3v) is 21.9. The lowest BCUT2D eigenvalue weighted by Crippen LogP contribution is -2.62. The number of primary amides is 5. The van der Waals surface area contributed by atoms with E-state index in [1.165, 1.54) is 44.5 Å². The predicted octanol–water partition coefficient (Wildman–Crippen LogP) is -14.6. The van der Waals surface area contributed by atoms with Gasteiger partial charge in [0, 0.05) is 105 Å². The fraction of sp³-hybridized carbons (Fsp3) is 0.582. The lowest BCUT2D eigenvalue weighted by molar-refractivity contribution is -0.142. The van der Waals surface area contributed by atoms with E-state index >= 15 is 0 Å². The molecule has 17 atom stereocenters. The summed E-state index contributed by atoms with van der Waals surface area (Å²) >= 11 is 8.33. The highest BCUT2D eigenvalue weighted by Crippen LogP contribution is 2.21. The Morgan fingerprint density at radius 2 is 0.793 bits per heavy atom. The lowest BCUT2D eigenvalue weighted by Gasteiger charge is -2.30. The summed E-state index contributed by atoms with van der Waals surface area (Å²) in [6.07, 6.45) is 0.613. The van der Waals surface area contributed by atoms with Gasteiger partial charge in [-0.05, 0) is 70.6 Å². The number of nitrogens with zero attached hydrogens (tertiary/aromatic N) is 4. The van der Waals surface area contributed by atoms with Gasteiger partial charge in [0.25, 0.3) is 0 Å². The number of nitrogens with two attached hydrogens (primary N) is 6. The zero-order chi connectivity index (χ0) is 105. The molecule has 37 N–H and O–H groups in total. The van der Waals surface area contributed by atoms with Crippen LogP contribution >= 0.6 is 25.3 Å². The normalized spacial score (nSPS) is 15.5. The number of urea groups is 2. The number of carboxylic acids is 2. The topological polar surface area (TPSA) is 953 Å². The molecule has 774 valence electrons. The minimum absolute atomic E-state index is 0.0336. The van der Waals surface area contributed by atoms with E-state index in [9.17, 15) is 135 Å². The number of carbonyl (C=O) groups excluding carboxylic acids is 22. The summed E-state index contributed by atoms with van der Waals surface area (Å²) in [7, 11) is 0. The first-order valence-corrected chi connectivity index (χ1v) is 45.1. The molecule has 0 saturated carbocycles. The average Bonchev–Trinajstić information content (AvgIpc) is 1.63. The van der Waals surface area contributed by atoms with Gasteiger partial charge >= 0.3 is 24.0 Å². The van der Waals surface area contributed by atoms with Gasteiger partial charge in [-0.2, -0.15) is 25.3 Å². The predicted molar refractivity (Wildman–Crippen MR) is 488 cm³/mol. The fourth-order valence-corrected chi connectivity index (χ4v) is 13.9. The number of imidazole rings is 3. The van der Waals surface area contributed by atoms with Crippen molar-refractivity contribution in [3.05, 3.63) is 54.7 Å². The molecule has 0 aromatic carbocycles. The quantitative estimate of drug-likeness (QED) is 0.0184. The van der Waals surface area contributed by atoms with Crippen molar-refractivity contribution in [1.82, 2.24) is 131 Å². The van der Waals surface area contributed by atoms with Crippen molar-refractivity contribution in [2.45, 2.75) is 227 Å². The van der Waals surface area contributed by atoms with Gasteiger partial charge < -0.3 is 170 Å². The van der Waals surface area contributed by atoms with E-state index in [1.807, 2.05) is 0 Å². The van der Waals surface area contributed by atoms with E-state index in [-0.39, 0.29) is 107 Å². The third kappa shape index (κ3) is 42.4. The maximum atomic E-state index is 14.8. The highest BCUT2D eigenvalue weighted by Gasteiger charge is 2.43. The summed E-state index contributed by atoms with van der Waals surface area (Å²) in [5.41, 5.74) is 32.7. The fourth-order valence-electron chi connectivity index (χ4n) is 13.4. The maximum absolute atomic E-state index is 14.8. The molecule has 0 aliphatic carbocycles. The number of hydrogen-bond donors (Lipinski definition) is 33. The average molecular weight is 2020 g/mol. The van der Waals surface area contributed by atoms with Gasteiger partial charge in [-0.25, -0.2) is 29.3 Å². The monoisotopic (exact) mass is 2020 g/mol. The van der Waals surface area contributed by atoms with Crippen molar-refractivity contribution in [2.24, 2.45) is 40.3 Å². The van der Waals surface area contributed by atoms with Crippen molar-refractivity contribution in [2.75, 3.05) is 57.4 Å². The van der Waals surface area contributed by atoms with Gasteiger partial charge in [0.05, 0.1) is 63.8 Å². The summed E-state index contributed by atoms with van der Waals surface area (Å²) in [5, 5.41) is 82.5. The first-order valence-electron chi connectivity index (χ1n) is 43.8. The first-order chi connectivity index (χ1) is 66.2. The van der Waals surface area contributed by atoms with Crippen molar-refractivity contribution in [3.8, 4) is 0 Å². The van der Waals surface area contributed by atoms with E-state index in [2.05, 4.69) is 151 Å². The SMILES string of the molecule is CC[C@H](C)[C@H](NC(=O)[C@@H](NC(=O)[C@H](CC(=O)O)NC(=O)[C@@H](N)CCC(N)=O)[C@@H](C)O)C(=O)N[C@@H](Cc1cnc[nH]1)C(=O)NCC(=O)N[C@@H](Cc1cnc[nH]1)C(=O)N1CCC[C@H]1C(=O)N[C@@H](CS)C(=O)N[C@@H](CO)C(=O)N[C@@H](CCCNC(N)=O)C(=O)N[C@@H](CCCNC(N)=O)C(=O)NCC(=O)N[C@@H](Cc1cnc[nH]1)C(=O)N[C@@H](CCC(N)=O)C(=O)N[C@@H](CS)C(=O)NCC(=O)N[C@@H](CCC(N)=O)C(=O)O. The van der Waals surface area contributed by atoms with Crippen LogP contribution in [0.25, 0.3) is 0 Å². The molecule has 61 heteroatoms. The second-order valence-electron chi connectivity index (χ2n) is 32.1.